The van der Waals surface area contributed by atoms with Gasteiger partial charge in [-0.05, 0) is 12.8 Å². The Morgan fingerprint density at radius 1 is 0.482 bits per heavy atom. The van der Waals surface area contributed by atoms with E-state index in [9.17, 15) is 19.0 Å². The Labute approximate surface area is 346 Å². The lowest BCUT2D eigenvalue weighted by molar-refractivity contribution is -0.870. The normalized spacial score (nSPS) is 13.5. The lowest BCUT2D eigenvalue weighted by Gasteiger charge is -2.24. The lowest BCUT2D eigenvalue weighted by atomic mass is 10.0. The number of nitrogens with zero attached hydrogens (tertiary/aromatic N) is 1. The van der Waals surface area contributed by atoms with Gasteiger partial charge < -0.3 is 18.9 Å². The summed E-state index contributed by atoms with van der Waals surface area (Å²) in [5.74, 6) is -0.782. The molecule has 0 aromatic rings. The predicted octanol–water partition coefficient (Wildman–Crippen LogP) is 13.6. The zero-order chi connectivity index (χ0) is 41.4. The fourth-order valence-corrected chi connectivity index (χ4v) is 7.64. The third kappa shape index (κ3) is 42.6. The van der Waals surface area contributed by atoms with Crippen LogP contribution in [0.15, 0.2) is 0 Å². The van der Waals surface area contributed by atoms with E-state index in [0.29, 0.717) is 17.4 Å². The van der Waals surface area contributed by atoms with Crippen LogP contribution in [0.5, 0.6) is 0 Å². The summed E-state index contributed by atoms with van der Waals surface area (Å²) in [6, 6.07) is 0. The Morgan fingerprint density at radius 3 is 1.14 bits per heavy atom. The van der Waals surface area contributed by atoms with Crippen LogP contribution in [0.1, 0.15) is 232 Å². The quantitative estimate of drug-likeness (QED) is 0.0280. The fourth-order valence-electron chi connectivity index (χ4n) is 6.90. The first-order valence-electron chi connectivity index (χ1n) is 23.8. The van der Waals surface area contributed by atoms with Crippen LogP contribution in [0.25, 0.3) is 0 Å². The zero-order valence-corrected chi connectivity index (χ0v) is 38.5. The molecule has 0 spiro atoms. The van der Waals surface area contributed by atoms with Crippen molar-refractivity contribution in [3.63, 3.8) is 0 Å². The maximum Gasteiger partial charge on any atom is 0.472 e. The summed E-state index contributed by atoms with van der Waals surface area (Å²) in [7, 11) is 1.49. The maximum atomic E-state index is 12.7. The van der Waals surface area contributed by atoms with Crippen molar-refractivity contribution in [1.29, 1.82) is 0 Å². The van der Waals surface area contributed by atoms with Crippen molar-refractivity contribution in [3.05, 3.63) is 0 Å². The summed E-state index contributed by atoms with van der Waals surface area (Å²) in [6.45, 7) is 4.46. The number of esters is 2. The van der Waals surface area contributed by atoms with Crippen LogP contribution >= 0.6 is 7.82 Å². The molecule has 2 atom stereocenters. The van der Waals surface area contributed by atoms with Gasteiger partial charge in [-0.3, -0.25) is 18.6 Å². The van der Waals surface area contributed by atoms with E-state index in [1.54, 1.807) is 0 Å². The van der Waals surface area contributed by atoms with Crippen LogP contribution in [0.2, 0.25) is 0 Å². The number of phosphoric ester groups is 1. The van der Waals surface area contributed by atoms with Gasteiger partial charge in [0, 0.05) is 12.8 Å². The van der Waals surface area contributed by atoms with E-state index in [-0.39, 0.29) is 25.6 Å². The Balaban J connectivity index is 4.19. The molecule has 0 saturated heterocycles. The van der Waals surface area contributed by atoms with E-state index in [0.717, 1.165) is 38.5 Å². The first-order chi connectivity index (χ1) is 27.0. The molecule has 0 rings (SSSR count). The van der Waals surface area contributed by atoms with Gasteiger partial charge >= 0.3 is 19.8 Å². The largest absolute Gasteiger partial charge is 0.472 e. The topological polar surface area (TPSA) is 108 Å². The van der Waals surface area contributed by atoms with Crippen LogP contribution in [0.3, 0.4) is 0 Å². The molecule has 56 heavy (non-hydrogen) atoms. The molecule has 1 N–H and O–H groups in total. The highest BCUT2D eigenvalue weighted by Gasteiger charge is 2.27. The highest BCUT2D eigenvalue weighted by atomic mass is 31.2. The van der Waals surface area contributed by atoms with Crippen molar-refractivity contribution in [2.24, 2.45) is 0 Å². The Bertz CT molecular complexity index is 927. The number of unbranched alkanes of at least 4 members (excludes halogenated alkanes) is 30. The van der Waals surface area contributed by atoms with Gasteiger partial charge in [0.1, 0.15) is 19.8 Å². The molecule has 0 bridgehead atoms. The molecular formula is C46H93NO8P+. The summed E-state index contributed by atoms with van der Waals surface area (Å²) < 4.78 is 34.3. The van der Waals surface area contributed by atoms with Crippen molar-refractivity contribution in [3.8, 4) is 0 Å². The average molecular weight is 819 g/mol. The van der Waals surface area contributed by atoms with Crippen LogP contribution in [0, 0.1) is 0 Å². The molecule has 0 amide bonds. The van der Waals surface area contributed by atoms with Crippen molar-refractivity contribution in [2.75, 3.05) is 47.5 Å². The molecular weight excluding hydrogens is 725 g/mol. The molecule has 10 heteroatoms. The number of rotatable bonds is 44. The molecule has 1 unspecified atom stereocenters. The summed E-state index contributed by atoms with van der Waals surface area (Å²) >= 11 is 0. The first-order valence-corrected chi connectivity index (χ1v) is 25.3. The van der Waals surface area contributed by atoms with Crippen molar-refractivity contribution in [2.45, 2.75) is 238 Å². The first kappa shape index (κ1) is 55.0. The highest BCUT2D eigenvalue weighted by molar-refractivity contribution is 7.47. The van der Waals surface area contributed by atoms with E-state index in [2.05, 4.69) is 13.8 Å². The van der Waals surface area contributed by atoms with Crippen LogP contribution in [0.4, 0.5) is 0 Å². The van der Waals surface area contributed by atoms with E-state index < -0.39 is 26.5 Å². The lowest BCUT2D eigenvalue weighted by Crippen LogP contribution is -2.37. The van der Waals surface area contributed by atoms with Gasteiger partial charge in [0.2, 0.25) is 0 Å². The van der Waals surface area contributed by atoms with Crippen LogP contribution in [-0.2, 0) is 32.7 Å². The zero-order valence-electron chi connectivity index (χ0n) is 37.6. The Hall–Kier alpha value is -0.990. The van der Waals surface area contributed by atoms with Gasteiger partial charge in [0.25, 0.3) is 0 Å². The van der Waals surface area contributed by atoms with Gasteiger partial charge in [0.15, 0.2) is 6.10 Å². The highest BCUT2D eigenvalue weighted by Crippen LogP contribution is 2.43. The number of quaternary nitrogens is 1. The molecule has 0 aliphatic rings. The SMILES string of the molecule is CCCCCCCCCCCCCCCCCCCCCCC(=O)OC[C@H](COP(=O)(O)OCC[N+](C)(C)C)OC(=O)CCCCCCCCCCCCCC. The van der Waals surface area contributed by atoms with Crippen LogP contribution < -0.4 is 0 Å². The van der Waals surface area contributed by atoms with E-state index in [4.69, 9.17) is 18.5 Å². The molecule has 0 aromatic carbocycles. The third-order valence-corrected chi connectivity index (χ3v) is 11.6. The molecule has 0 heterocycles. The number of phosphoric acid groups is 1. The van der Waals surface area contributed by atoms with Crippen molar-refractivity contribution in [1.82, 2.24) is 0 Å². The molecule has 0 saturated carbocycles. The second-order valence-electron chi connectivity index (χ2n) is 17.5. The van der Waals surface area contributed by atoms with Gasteiger partial charge in [-0.25, -0.2) is 4.57 Å². The number of likely N-dealkylation sites (N-methyl/N-ethyl adjacent to an activating group) is 1. The minimum atomic E-state index is -4.37. The second-order valence-corrected chi connectivity index (χ2v) is 19.0. The number of hydrogen-bond donors (Lipinski definition) is 1. The summed E-state index contributed by atoms with van der Waals surface area (Å²) in [5, 5.41) is 0. The molecule has 0 aromatic heterocycles. The number of carbonyl (C=O) groups excluding carboxylic acids is 2. The van der Waals surface area contributed by atoms with Gasteiger partial charge in [-0.15, -0.1) is 0 Å². The molecule has 0 radical (unpaired) electrons. The average Bonchev–Trinajstić information content (AvgIpc) is 3.15. The van der Waals surface area contributed by atoms with Gasteiger partial charge in [-0.2, -0.15) is 0 Å². The summed E-state index contributed by atoms with van der Waals surface area (Å²) in [6.07, 6.45) is 40.1. The van der Waals surface area contributed by atoms with E-state index >= 15 is 0 Å². The van der Waals surface area contributed by atoms with Gasteiger partial charge in [0.05, 0.1) is 27.7 Å². The monoisotopic (exact) mass is 819 g/mol. The molecule has 0 aliphatic heterocycles. The minimum Gasteiger partial charge on any atom is -0.462 e. The molecule has 334 valence electrons. The Morgan fingerprint density at radius 2 is 0.804 bits per heavy atom. The molecule has 0 aliphatic carbocycles. The number of ether oxygens (including phenoxy) is 2. The number of carbonyl (C=O) groups is 2. The fraction of sp³-hybridized carbons (Fsp3) is 0.957. The smallest absolute Gasteiger partial charge is 0.462 e. The Kier molecular flexibility index (Phi) is 38.8. The van der Waals surface area contributed by atoms with Gasteiger partial charge in [-0.1, -0.05) is 206 Å². The second kappa shape index (κ2) is 39.5. The summed E-state index contributed by atoms with van der Waals surface area (Å²) in [4.78, 5) is 35.4. The minimum absolute atomic E-state index is 0.0369. The van der Waals surface area contributed by atoms with Crippen molar-refractivity contribution < 1.29 is 42.1 Å². The van der Waals surface area contributed by atoms with Crippen LogP contribution in [-0.4, -0.2) is 74.9 Å². The third-order valence-electron chi connectivity index (χ3n) is 10.6. The standard InChI is InChI=1S/C46H92NO8P/c1-6-8-10-12-14-16-18-20-21-22-23-24-25-26-27-29-30-32-34-36-38-45(48)52-42-44(43-54-56(50,51)53-41-40-47(3,4)5)55-46(49)39-37-35-33-31-28-19-17-15-13-11-9-7-2/h44H,6-43H2,1-5H3/p+1/t44-/m1/s1. The number of hydrogen-bond acceptors (Lipinski definition) is 7. The molecule has 9 nitrogen and oxygen atoms in total. The predicted molar refractivity (Wildman–Crippen MR) is 234 cm³/mol. The maximum absolute atomic E-state index is 12.7. The van der Waals surface area contributed by atoms with Crippen molar-refractivity contribution >= 4 is 19.8 Å². The summed E-state index contributed by atoms with van der Waals surface area (Å²) in [5.41, 5.74) is 0. The van der Waals surface area contributed by atoms with E-state index in [1.165, 1.54) is 167 Å². The molecule has 0 fully saturated rings. The van der Waals surface area contributed by atoms with E-state index in [1.807, 2.05) is 21.1 Å².